The lowest BCUT2D eigenvalue weighted by molar-refractivity contribution is 0.102. The molecule has 3 aromatic heterocycles. The van der Waals surface area contributed by atoms with Crippen molar-refractivity contribution in [2.24, 2.45) is 0 Å². The minimum Gasteiger partial charge on any atom is -0.307 e. The van der Waals surface area contributed by atoms with Gasteiger partial charge in [0, 0.05) is 47.7 Å². The van der Waals surface area contributed by atoms with Crippen LogP contribution in [0.5, 0.6) is 0 Å². The summed E-state index contributed by atoms with van der Waals surface area (Å²) in [6.45, 7) is 3.17. The maximum absolute atomic E-state index is 13.1. The van der Waals surface area contributed by atoms with Crippen LogP contribution in [-0.2, 0) is 6.54 Å². The van der Waals surface area contributed by atoms with E-state index in [2.05, 4.69) is 26.3 Å². The molecule has 1 N–H and O–H groups in total. The van der Waals surface area contributed by atoms with Crippen molar-refractivity contribution in [2.75, 3.05) is 18.4 Å². The number of pyridine rings is 3. The molecule has 0 spiro atoms. The number of likely N-dealkylation sites (tertiary alicyclic amines) is 1. The molecule has 0 aliphatic carbocycles. The first-order valence-corrected chi connectivity index (χ1v) is 10.6. The molecule has 1 aliphatic rings. The van der Waals surface area contributed by atoms with Crippen molar-refractivity contribution in [1.82, 2.24) is 19.9 Å². The van der Waals surface area contributed by atoms with Gasteiger partial charge in [0.25, 0.3) is 5.91 Å². The highest BCUT2D eigenvalue weighted by Gasteiger charge is 2.13. The molecule has 0 unspecified atom stereocenters. The fourth-order valence-corrected chi connectivity index (χ4v) is 3.95. The normalized spacial score (nSPS) is 14.0. The topological polar surface area (TPSA) is 71.0 Å². The fraction of sp³-hybridized carbons (Fsp3) is 0.200. The van der Waals surface area contributed by atoms with E-state index in [9.17, 15) is 9.18 Å². The first kappa shape index (κ1) is 20.2. The van der Waals surface area contributed by atoms with Crippen LogP contribution in [0.2, 0.25) is 0 Å². The number of aromatic nitrogens is 3. The van der Waals surface area contributed by atoms with Gasteiger partial charge in [-0.2, -0.15) is 0 Å². The Morgan fingerprint density at radius 2 is 1.81 bits per heavy atom. The maximum atomic E-state index is 13.1. The Bertz CT molecular complexity index is 1270. The monoisotopic (exact) mass is 427 g/mol. The van der Waals surface area contributed by atoms with Crippen molar-refractivity contribution in [3.05, 3.63) is 84.1 Å². The van der Waals surface area contributed by atoms with E-state index in [-0.39, 0.29) is 11.7 Å². The number of rotatable bonds is 5. The lowest BCUT2D eigenvalue weighted by Gasteiger charge is -2.14. The summed E-state index contributed by atoms with van der Waals surface area (Å²) in [6, 6.07) is 13.2. The zero-order valence-corrected chi connectivity index (χ0v) is 17.5. The largest absolute Gasteiger partial charge is 0.307 e. The molecule has 0 saturated carbocycles. The summed E-state index contributed by atoms with van der Waals surface area (Å²) in [5.74, 6) is -0.356. The standard InChI is InChI=1S/C25H22FN5O/c26-21-6-3-18(4-7-21)25(32)30-24-12-23-19(15-28-24)5-8-22(29-23)20-11-17(13-27-14-20)16-31-9-1-2-10-31/h3-8,11-15H,1-2,9-10,16H2,(H,28,30,32). The van der Waals surface area contributed by atoms with E-state index >= 15 is 0 Å². The van der Waals surface area contributed by atoms with Crippen molar-refractivity contribution >= 4 is 22.6 Å². The van der Waals surface area contributed by atoms with Gasteiger partial charge in [-0.3, -0.25) is 14.7 Å². The first-order valence-electron chi connectivity index (χ1n) is 10.6. The second-order valence-electron chi connectivity index (χ2n) is 7.98. The zero-order chi connectivity index (χ0) is 21.9. The molecule has 0 bridgehead atoms. The van der Waals surface area contributed by atoms with Crippen LogP contribution < -0.4 is 5.32 Å². The fourth-order valence-electron chi connectivity index (χ4n) is 3.95. The molecule has 6 nitrogen and oxygen atoms in total. The first-order chi connectivity index (χ1) is 15.6. The summed E-state index contributed by atoms with van der Waals surface area (Å²) in [6.07, 6.45) is 7.92. The predicted molar refractivity (Wildman–Crippen MR) is 122 cm³/mol. The lowest BCUT2D eigenvalue weighted by Crippen LogP contribution is -2.18. The molecule has 1 fully saturated rings. The second-order valence-corrected chi connectivity index (χ2v) is 7.98. The van der Waals surface area contributed by atoms with E-state index in [1.54, 1.807) is 12.3 Å². The smallest absolute Gasteiger partial charge is 0.256 e. The number of fused-ring (bicyclic) bond motifs is 1. The van der Waals surface area contributed by atoms with Gasteiger partial charge < -0.3 is 5.32 Å². The van der Waals surface area contributed by atoms with Crippen LogP contribution in [0.15, 0.2) is 67.1 Å². The Kier molecular flexibility index (Phi) is 5.56. The molecule has 0 atom stereocenters. The Balaban J connectivity index is 1.38. The predicted octanol–water partition coefficient (Wildman–Crippen LogP) is 4.68. The summed E-state index contributed by atoms with van der Waals surface area (Å²) in [7, 11) is 0. The SMILES string of the molecule is O=C(Nc1cc2nc(-c3cncc(CN4CCCC4)c3)ccc2cn1)c1ccc(F)cc1. The number of benzene rings is 1. The van der Waals surface area contributed by atoms with Gasteiger partial charge in [-0.05, 0) is 74.0 Å². The van der Waals surface area contributed by atoms with Crippen LogP contribution in [0.4, 0.5) is 10.2 Å². The molecule has 7 heteroatoms. The number of anilines is 1. The molecular weight excluding hydrogens is 405 g/mol. The number of nitrogens with one attached hydrogen (secondary N) is 1. The highest BCUT2D eigenvalue weighted by atomic mass is 19.1. The minimum absolute atomic E-state index is 0.355. The maximum Gasteiger partial charge on any atom is 0.256 e. The molecule has 1 amide bonds. The van der Waals surface area contributed by atoms with Crippen molar-refractivity contribution in [2.45, 2.75) is 19.4 Å². The van der Waals surface area contributed by atoms with E-state index in [1.165, 1.54) is 42.7 Å². The molecule has 1 aliphatic heterocycles. The number of amides is 1. The number of carbonyl (C=O) groups excluding carboxylic acids is 1. The average Bonchev–Trinajstić information content (AvgIpc) is 3.32. The van der Waals surface area contributed by atoms with E-state index < -0.39 is 0 Å². The van der Waals surface area contributed by atoms with E-state index in [1.807, 2.05) is 24.5 Å². The quantitative estimate of drug-likeness (QED) is 0.501. The van der Waals surface area contributed by atoms with Crippen molar-refractivity contribution in [3.63, 3.8) is 0 Å². The third-order valence-electron chi connectivity index (χ3n) is 5.62. The van der Waals surface area contributed by atoms with Gasteiger partial charge in [-0.15, -0.1) is 0 Å². The highest BCUT2D eigenvalue weighted by Crippen LogP contribution is 2.23. The van der Waals surface area contributed by atoms with Crippen LogP contribution in [0.1, 0.15) is 28.8 Å². The Morgan fingerprint density at radius 3 is 2.62 bits per heavy atom. The molecule has 4 aromatic rings. The number of halogens is 1. The summed E-state index contributed by atoms with van der Waals surface area (Å²) in [5, 5.41) is 3.62. The van der Waals surface area contributed by atoms with Gasteiger partial charge in [0.15, 0.2) is 0 Å². The van der Waals surface area contributed by atoms with E-state index in [0.717, 1.165) is 41.8 Å². The van der Waals surface area contributed by atoms with Gasteiger partial charge in [-0.25, -0.2) is 14.4 Å². The Labute approximate surface area is 185 Å². The molecule has 1 saturated heterocycles. The van der Waals surface area contributed by atoms with Crippen molar-refractivity contribution < 1.29 is 9.18 Å². The third-order valence-corrected chi connectivity index (χ3v) is 5.62. The zero-order valence-electron chi connectivity index (χ0n) is 17.5. The number of hydrogen-bond acceptors (Lipinski definition) is 5. The van der Waals surface area contributed by atoms with Gasteiger partial charge >= 0.3 is 0 Å². The molecule has 32 heavy (non-hydrogen) atoms. The number of carbonyl (C=O) groups is 1. The van der Waals surface area contributed by atoms with Crippen molar-refractivity contribution in [1.29, 1.82) is 0 Å². The second kappa shape index (κ2) is 8.80. The molecule has 5 rings (SSSR count). The average molecular weight is 427 g/mol. The third kappa shape index (κ3) is 4.48. The Hall–Kier alpha value is -3.71. The lowest BCUT2D eigenvalue weighted by atomic mass is 10.1. The molecule has 1 aromatic carbocycles. The van der Waals surface area contributed by atoms with Crippen LogP contribution in [0, 0.1) is 5.82 Å². The van der Waals surface area contributed by atoms with Crippen LogP contribution in [-0.4, -0.2) is 38.8 Å². The van der Waals surface area contributed by atoms with Gasteiger partial charge in [0.05, 0.1) is 11.2 Å². The van der Waals surface area contributed by atoms with Gasteiger partial charge in [0.2, 0.25) is 0 Å². The summed E-state index contributed by atoms with van der Waals surface area (Å²) in [5.41, 5.74) is 4.02. The number of hydrogen-bond donors (Lipinski definition) is 1. The van der Waals surface area contributed by atoms with Crippen LogP contribution >= 0.6 is 0 Å². The minimum atomic E-state index is -0.388. The summed E-state index contributed by atoms with van der Waals surface area (Å²) < 4.78 is 13.1. The molecule has 160 valence electrons. The van der Waals surface area contributed by atoms with E-state index in [0.29, 0.717) is 11.4 Å². The van der Waals surface area contributed by atoms with Gasteiger partial charge in [-0.1, -0.05) is 0 Å². The molecule has 4 heterocycles. The molecule has 0 radical (unpaired) electrons. The molecular formula is C25H22FN5O. The van der Waals surface area contributed by atoms with Gasteiger partial charge in [0.1, 0.15) is 11.6 Å². The van der Waals surface area contributed by atoms with Crippen LogP contribution in [0.3, 0.4) is 0 Å². The summed E-state index contributed by atoms with van der Waals surface area (Å²) in [4.78, 5) is 28.4. The van der Waals surface area contributed by atoms with Crippen molar-refractivity contribution in [3.8, 4) is 11.3 Å². The Morgan fingerprint density at radius 1 is 1.00 bits per heavy atom. The number of nitrogens with zero attached hydrogens (tertiary/aromatic N) is 4. The summed E-state index contributed by atoms with van der Waals surface area (Å²) >= 11 is 0. The van der Waals surface area contributed by atoms with E-state index in [4.69, 9.17) is 4.98 Å². The highest BCUT2D eigenvalue weighted by molar-refractivity contribution is 6.04. The van der Waals surface area contributed by atoms with Crippen LogP contribution in [0.25, 0.3) is 22.2 Å².